The summed E-state index contributed by atoms with van der Waals surface area (Å²) in [4.78, 5) is 41.9. The molecule has 3 amide bonds. The molecular weight excluding hydrogens is 429 g/mol. The number of amides is 3. The average Bonchev–Trinajstić information content (AvgIpc) is 3.01. The second-order valence-electron chi connectivity index (χ2n) is 6.67. The number of carbonyl (C=O) groups excluding carboxylic acids is 3. The molecule has 7 nitrogen and oxygen atoms in total. The fourth-order valence-corrected chi connectivity index (χ4v) is 4.44. The van der Waals surface area contributed by atoms with E-state index in [1.165, 1.54) is 17.0 Å². The van der Waals surface area contributed by atoms with E-state index in [0.717, 1.165) is 11.8 Å². The van der Waals surface area contributed by atoms with Gasteiger partial charge in [0.15, 0.2) is 0 Å². The normalized spacial score (nSPS) is 18.3. The monoisotopic (exact) mass is 451 g/mol. The van der Waals surface area contributed by atoms with Gasteiger partial charge in [-0.2, -0.15) is 0 Å². The summed E-state index contributed by atoms with van der Waals surface area (Å²) in [7, 11) is 0. The summed E-state index contributed by atoms with van der Waals surface area (Å²) in [5, 5.41) is 0. The number of benzene rings is 1. The third-order valence-electron chi connectivity index (χ3n) is 4.77. The molecule has 2 saturated heterocycles. The number of halogens is 1. The van der Waals surface area contributed by atoms with E-state index in [4.69, 9.17) is 17.0 Å². The minimum Gasteiger partial charge on any atom is -0.450 e. The van der Waals surface area contributed by atoms with Crippen LogP contribution in [0.4, 0.5) is 9.18 Å². The third kappa shape index (κ3) is 5.17. The first-order chi connectivity index (χ1) is 14.4. The summed E-state index contributed by atoms with van der Waals surface area (Å²) in [6.07, 6.45) is 1.23. The summed E-state index contributed by atoms with van der Waals surface area (Å²) < 4.78 is 19.2. The first-order valence-electron chi connectivity index (χ1n) is 9.60. The maximum Gasteiger partial charge on any atom is 0.409 e. The summed E-state index contributed by atoms with van der Waals surface area (Å²) >= 11 is 6.37. The predicted octanol–water partition coefficient (Wildman–Crippen LogP) is 2.72. The molecule has 0 aromatic heterocycles. The van der Waals surface area contributed by atoms with Crippen molar-refractivity contribution in [3.8, 4) is 0 Å². The van der Waals surface area contributed by atoms with E-state index in [1.807, 2.05) is 0 Å². The van der Waals surface area contributed by atoms with E-state index in [0.29, 0.717) is 47.6 Å². The molecular formula is C20H22FN3O4S2. The lowest BCUT2D eigenvalue weighted by Crippen LogP contribution is -2.51. The maximum absolute atomic E-state index is 13.9. The van der Waals surface area contributed by atoms with Gasteiger partial charge < -0.3 is 14.5 Å². The van der Waals surface area contributed by atoms with Crippen molar-refractivity contribution in [1.82, 2.24) is 14.7 Å². The second kappa shape index (κ2) is 10.0. The van der Waals surface area contributed by atoms with E-state index in [-0.39, 0.29) is 30.9 Å². The Bertz CT molecular complexity index is 885. The topological polar surface area (TPSA) is 70.2 Å². The number of carbonyl (C=O) groups is 3. The highest BCUT2D eigenvalue weighted by Gasteiger charge is 2.33. The van der Waals surface area contributed by atoms with Crippen molar-refractivity contribution in [1.29, 1.82) is 0 Å². The molecule has 3 rings (SSSR count). The molecule has 2 fully saturated rings. The Morgan fingerprint density at radius 1 is 1.20 bits per heavy atom. The fourth-order valence-electron chi connectivity index (χ4n) is 3.14. The molecule has 1 aromatic carbocycles. The van der Waals surface area contributed by atoms with Gasteiger partial charge in [-0.15, -0.1) is 0 Å². The number of hydrogen-bond donors (Lipinski definition) is 0. The van der Waals surface area contributed by atoms with Crippen molar-refractivity contribution in [3.63, 3.8) is 0 Å². The highest BCUT2D eigenvalue weighted by atomic mass is 32.2. The summed E-state index contributed by atoms with van der Waals surface area (Å²) in [5.74, 6) is -0.848. The molecule has 30 heavy (non-hydrogen) atoms. The third-order valence-corrected chi connectivity index (χ3v) is 6.15. The smallest absolute Gasteiger partial charge is 0.409 e. The van der Waals surface area contributed by atoms with Crippen LogP contribution in [0.3, 0.4) is 0 Å². The quantitative estimate of drug-likeness (QED) is 0.507. The zero-order valence-electron chi connectivity index (χ0n) is 16.5. The number of piperazine rings is 1. The number of rotatable bonds is 5. The Kier molecular flexibility index (Phi) is 7.43. The molecule has 0 unspecified atom stereocenters. The van der Waals surface area contributed by atoms with E-state index in [1.54, 1.807) is 34.9 Å². The first kappa shape index (κ1) is 22.2. The van der Waals surface area contributed by atoms with Gasteiger partial charge in [-0.05, 0) is 19.1 Å². The Hall–Kier alpha value is -2.46. The minimum absolute atomic E-state index is 0.106. The molecule has 0 spiro atoms. The van der Waals surface area contributed by atoms with Crippen LogP contribution in [0, 0.1) is 5.82 Å². The molecule has 0 radical (unpaired) electrons. The molecule has 10 heteroatoms. The van der Waals surface area contributed by atoms with Crippen molar-refractivity contribution in [3.05, 3.63) is 40.6 Å². The van der Waals surface area contributed by atoms with Crippen LogP contribution in [0.15, 0.2) is 29.2 Å². The molecule has 0 aliphatic carbocycles. The van der Waals surface area contributed by atoms with Crippen molar-refractivity contribution >= 4 is 52.3 Å². The van der Waals surface area contributed by atoms with Gasteiger partial charge in [-0.3, -0.25) is 14.5 Å². The minimum atomic E-state index is -0.417. The van der Waals surface area contributed by atoms with Crippen LogP contribution in [0.2, 0.25) is 0 Å². The number of hydrogen-bond acceptors (Lipinski definition) is 6. The lowest BCUT2D eigenvalue weighted by Gasteiger charge is -2.34. The van der Waals surface area contributed by atoms with Crippen LogP contribution in [-0.4, -0.2) is 76.3 Å². The van der Waals surface area contributed by atoms with Crippen molar-refractivity contribution < 1.29 is 23.5 Å². The highest BCUT2D eigenvalue weighted by Crippen LogP contribution is 2.33. The summed E-state index contributed by atoms with van der Waals surface area (Å²) in [6, 6.07) is 6.18. The van der Waals surface area contributed by atoms with Gasteiger partial charge >= 0.3 is 6.09 Å². The van der Waals surface area contributed by atoms with Crippen LogP contribution in [-0.2, 0) is 14.3 Å². The molecule has 0 atom stereocenters. The fraction of sp³-hybridized carbons (Fsp3) is 0.400. The summed E-state index contributed by atoms with van der Waals surface area (Å²) in [5.41, 5.74) is 0.313. The zero-order valence-corrected chi connectivity index (χ0v) is 18.1. The second-order valence-corrected chi connectivity index (χ2v) is 8.35. The predicted molar refractivity (Wildman–Crippen MR) is 116 cm³/mol. The van der Waals surface area contributed by atoms with Gasteiger partial charge in [0.05, 0.1) is 11.5 Å². The molecule has 160 valence electrons. The van der Waals surface area contributed by atoms with Gasteiger partial charge in [0.1, 0.15) is 10.1 Å². The van der Waals surface area contributed by atoms with E-state index >= 15 is 0 Å². The van der Waals surface area contributed by atoms with Gasteiger partial charge in [0.2, 0.25) is 5.91 Å². The number of thioether (sulfide) groups is 1. The van der Waals surface area contributed by atoms with Crippen LogP contribution >= 0.6 is 24.0 Å². The molecule has 0 bridgehead atoms. The Morgan fingerprint density at radius 3 is 2.53 bits per heavy atom. The van der Waals surface area contributed by atoms with Crippen molar-refractivity contribution in [2.75, 3.05) is 39.3 Å². The standard InChI is InChI=1S/C20H22FN3O4S2/c1-2-28-19(27)23-11-9-22(10-12-23)17(25)7-8-24-18(26)16(30-20(24)29)13-14-5-3-4-6-15(14)21/h3-6,13H,2,7-12H2,1H3/b16-13+. The van der Waals surface area contributed by atoms with Gasteiger partial charge in [-0.25, -0.2) is 9.18 Å². The maximum atomic E-state index is 13.9. The molecule has 2 aliphatic rings. The first-order valence-corrected chi connectivity index (χ1v) is 10.8. The van der Waals surface area contributed by atoms with Gasteiger partial charge in [0.25, 0.3) is 5.91 Å². The molecule has 1 aromatic rings. The lowest BCUT2D eigenvalue weighted by atomic mass is 10.2. The van der Waals surface area contributed by atoms with E-state index < -0.39 is 5.82 Å². The number of nitrogens with zero attached hydrogens (tertiary/aromatic N) is 3. The van der Waals surface area contributed by atoms with Gasteiger partial charge in [0, 0.05) is 44.7 Å². The molecule has 0 saturated carbocycles. The highest BCUT2D eigenvalue weighted by molar-refractivity contribution is 8.26. The Balaban J connectivity index is 1.53. The van der Waals surface area contributed by atoms with Crippen LogP contribution in [0.25, 0.3) is 6.08 Å². The SMILES string of the molecule is CCOC(=O)N1CCN(C(=O)CCN2C(=O)/C(=C\c3ccccc3F)SC2=S)CC1. The van der Waals surface area contributed by atoms with Crippen molar-refractivity contribution in [2.24, 2.45) is 0 Å². The van der Waals surface area contributed by atoms with Crippen LogP contribution in [0.1, 0.15) is 18.9 Å². The van der Waals surface area contributed by atoms with Crippen LogP contribution in [0.5, 0.6) is 0 Å². The number of thiocarbonyl (C=S) groups is 1. The number of ether oxygens (including phenoxy) is 1. The Morgan fingerprint density at radius 2 is 1.87 bits per heavy atom. The zero-order chi connectivity index (χ0) is 21.7. The largest absolute Gasteiger partial charge is 0.450 e. The van der Waals surface area contributed by atoms with E-state index in [2.05, 4.69) is 0 Å². The summed E-state index contributed by atoms with van der Waals surface area (Å²) in [6.45, 7) is 3.89. The average molecular weight is 452 g/mol. The lowest BCUT2D eigenvalue weighted by molar-refractivity contribution is -0.133. The Labute approximate surface area is 183 Å². The molecule has 2 heterocycles. The van der Waals surface area contributed by atoms with Crippen LogP contribution < -0.4 is 0 Å². The van der Waals surface area contributed by atoms with Gasteiger partial charge in [-0.1, -0.05) is 42.2 Å². The molecule has 0 N–H and O–H groups in total. The van der Waals surface area contributed by atoms with E-state index in [9.17, 15) is 18.8 Å². The molecule has 2 aliphatic heterocycles. The van der Waals surface area contributed by atoms with Crippen molar-refractivity contribution in [2.45, 2.75) is 13.3 Å².